The molecule has 0 saturated carbocycles. The van der Waals surface area contributed by atoms with Crippen LogP contribution in [0.15, 0.2) is 28.7 Å². The number of rotatable bonds is 4. The molecule has 0 aliphatic carbocycles. The third-order valence-corrected chi connectivity index (χ3v) is 2.17. The molecule has 0 spiro atoms. The Kier molecular flexibility index (Phi) is 4.29. The summed E-state index contributed by atoms with van der Waals surface area (Å²) in [4.78, 5) is 0. The lowest BCUT2D eigenvalue weighted by Gasteiger charge is -2.00. The lowest BCUT2D eigenvalue weighted by Crippen LogP contribution is -2.23. The van der Waals surface area contributed by atoms with E-state index in [4.69, 9.17) is 5.84 Å². The highest BCUT2D eigenvalue weighted by Crippen LogP contribution is 2.12. The Morgan fingerprint density at radius 2 is 2.25 bits per heavy atom. The van der Waals surface area contributed by atoms with Gasteiger partial charge < -0.3 is 0 Å². The molecule has 1 rings (SSSR count). The fourth-order valence-corrected chi connectivity index (χ4v) is 1.53. The summed E-state index contributed by atoms with van der Waals surface area (Å²) in [5.74, 6) is 5.16. The van der Waals surface area contributed by atoms with E-state index in [0.29, 0.717) is 0 Å². The fourth-order valence-electron chi connectivity index (χ4n) is 1.09. The molecule has 0 bridgehead atoms. The third kappa shape index (κ3) is 3.34. The first-order valence-electron chi connectivity index (χ1n) is 4.01. The molecule has 66 valence electrons. The standard InChI is InChI=1S/C9H13BrN2/c10-9-5-1-3-8(7-9)4-2-6-12-11/h1,3,5,7,12H,2,4,6,11H2. The summed E-state index contributed by atoms with van der Waals surface area (Å²) in [7, 11) is 0. The van der Waals surface area contributed by atoms with Crippen LogP contribution in [0.3, 0.4) is 0 Å². The van der Waals surface area contributed by atoms with E-state index in [1.807, 2.05) is 6.07 Å². The van der Waals surface area contributed by atoms with Gasteiger partial charge in [0.05, 0.1) is 0 Å². The molecule has 3 heteroatoms. The molecule has 0 aromatic heterocycles. The lowest BCUT2D eigenvalue weighted by molar-refractivity contribution is 0.679. The van der Waals surface area contributed by atoms with Crippen molar-refractivity contribution in [1.29, 1.82) is 0 Å². The predicted octanol–water partition coefficient (Wildman–Crippen LogP) is 1.84. The SMILES string of the molecule is NNCCCc1cccc(Br)c1. The molecule has 3 N–H and O–H groups in total. The van der Waals surface area contributed by atoms with Crippen molar-refractivity contribution in [3.8, 4) is 0 Å². The number of hydrogen-bond donors (Lipinski definition) is 2. The van der Waals surface area contributed by atoms with Gasteiger partial charge in [0.1, 0.15) is 0 Å². The zero-order valence-corrected chi connectivity index (χ0v) is 8.47. The van der Waals surface area contributed by atoms with E-state index in [-0.39, 0.29) is 0 Å². The molecule has 12 heavy (non-hydrogen) atoms. The van der Waals surface area contributed by atoms with E-state index in [0.717, 1.165) is 23.9 Å². The molecule has 1 aromatic rings. The molecule has 1 aromatic carbocycles. The largest absolute Gasteiger partial charge is 0.271 e. The average molecular weight is 229 g/mol. The van der Waals surface area contributed by atoms with Crippen LogP contribution in [0.1, 0.15) is 12.0 Å². The van der Waals surface area contributed by atoms with Gasteiger partial charge in [-0.05, 0) is 30.5 Å². The van der Waals surface area contributed by atoms with Gasteiger partial charge in [-0.3, -0.25) is 11.3 Å². The summed E-state index contributed by atoms with van der Waals surface area (Å²) >= 11 is 3.43. The van der Waals surface area contributed by atoms with Crippen molar-refractivity contribution in [1.82, 2.24) is 5.43 Å². The zero-order chi connectivity index (χ0) is 8.81. The molecule has 0 radical (unpaired) electrons. The van der Waals surface area contributed by atoms with Crippen molar-refractivity contribution in [2.45, 2.75) is 12.8 Å². The second kappa shape index (κ2) is 5.30. The van der Waals surface area contributed by atoms with Crippen LogP contribution in [0.25, 0.3) is 0 Å². The highest BCUT2D eigenvalue weighted by Gasteiger charge is 1.92. The van der Waals surface area contributed by atoms with Crippen LogP contribution in [0.4, 0.5) is 0 Å². The first-order valence-corrected chi connectivity index (χ1v) is 4.80. The Labute approximate surface area is 81.3 Å². The van der Waals surface area contributed by atoms with Gasteiger partial charge >= 0.3 is 0 Å². The van der Waals surface area contributed by atoms with Crippen LogP contribution in [0.2, 0.25) is 0 Å². The highest BCUT2D eigenvalue weighted by molar-refractivity contribution is 9.10. The number of hydrazine groups is 1. The van der Waals surface area contributed by atoms with Gasteiger partial charge in [-0.25, -0.2) is 0 Å². The number of nitrogens with two attached hydrogens (primary N) is 1. The molecular formula is C9H13BrN2. The van der Waals surface area contributed by atoms with Crippen molar-refractivity contribution in [2.75, 3.05) is 6.54 Å². The number of halogens is 1. The van der Waals surface area contributed by atoms with Crippen LogP contribution in [0.5, 0.6) is 0 Å². The summed E-state index contributed by atoms with van der Waals surface area (Å²) in [6.45, 7) is 0.868. The molecule has 0 fully saturated rings. The average Bonchev–Trinajstić information content (AvgIpc) is 2.05. The van der Waals surface area contributed by atoms with Gasteiger partial charge in [0.15, 0.2) is 0 Å². The van der Waals surface area contributed by atoms with Crippen molar-refractivity contribution >= 4 is 15.9 Å². The van der Waals surface area contributed by atoms with Gasteiger partial charge in [-0.2, -0.15) is 0 Å². The van der Waals surface area contributed by atoms with Crippen LogP contribution in [0, 0.1) is 0 Å². The minimum absolute atomic E-state index is 0.868. The zero-order valence-electron chi connectivity index (χ0n) is 6.89. The number of nitrogens with one attached hydrogen (secondary N) is 1. The van der Waals surface area contributed by atoms with Crippen LogP contribution < -0.4 is 11.3 Å². The molecule has 0 heterocycles. The van der Waals surface area contributed by atoms with Crippen LogP contribution in [-0.2, 0) is 6.42 Å². The van der Waals surface area contributed by atoms with E-state index >= 15 is 0 Å². The summed E-state index contributed by atoms with van der Waals surface area (Å²) in [6.07, 6.45) is 2.15. The number of hydrogen-bond acceptors (Lipinski definition) is 2. The Morgan fingerprint density at radius 3 is 2.92 bits per heavy atom. The number of aryl methyl sites for hydroxylation is 1. The van der Waals surface area contributed by atoms with E-state index in [2.05, 4.69) is 39.6 Å². The number of benzene rings is 1. The first-order chi connectivity index (χ1) is 5.83. The first kappa shape index (κ1) is 9.71. The van der Waals surface area contributed by atoms with Gasteiger partial charge in [0.2, 0.25) is 0 Å². The maximum atomic E-state index is 5.16. The van der Waals surface area contributed by atoms with Crippen molar-refractivity contribution in [2.24, 2.45) is 5.84 Å². The van der Waals surface area contributed by atoms with E-state index in [9.17, 15) is 0 Å². The minimum Gasteiger partial charge on any atom is -0.271 e. The molecule has 0 aliphatic rings. The molecule has 2 nitrogen and oxygen atoms in total. The van der Waals surface area contributed by atoms with E-state index in [1.54, 1.807) is 0 Å². The Balaban J connectivity index is 2.41. The Bertz CT molecular complexity index is 238. The quantitative estimate of drug-likeness (QED) is 0.469. The van der Waals surface area contributed by atoms with Crippen molar-refractivity contribution in [3.63, 3.8) is 0 Å². The highest BCUT2D eigenvalue weighted by atomic mass is 79.9. The minimum atomic E-state index is 0.868. The van der Waals surface area contributed by atoms with Crippen molar-refractivity contribution in [3.05, 3.63) is 34.3 Å². The Hall–Kier alpha value is -0.380. The Morgan fingerprint density at radius 1 is 1.42 bits per heavy atom. The van der Waals surface area contributed by atoms with Crippen molar-refractivity contribution < 1.29 is 0 Å². The van der Waals surface area contributed by atoms with Gasteiger partial charge in [-0.15, -0.1) is 0 Å². The summed E-state index contributed by atoms with van der Waals surface area (Å²) in [5, 5.41) is 0. The molecule has 0 unspecified atom stereocenters. The van der Waals surface area contributed by atoms with Gasteiger partial charge in [-0.1, -0.05) is 28.1 Å². The molecule has 0 saturated heterocycles. The topological polar surface area (TPSA) is 38.0 Å². The normalized spacial score (nSPS) is 10.2. The monoisotopic (exact) mass is 228 g/mol. The molecule has 0 amide bonds. The second-order valence-electron chi connectivity index (χ2n) is 2.69. The van der Waals surface area contributed by atoms with E-state index in [1.165, 1.54) is 5.56 Å². The predicted molar refractivity (Wildman–Crippen MR) is 54.7 cm³/mol. The molecular weight excluding hydrogens is 216 g/mol. The summed E-state index contributed by atoms with van der Waals surface area (Å²) in [6, 6.07) is 8.35. The van der Waals surface area contributed by atoms with Crippen LogP contribution >= 0.6 is 15.9 Å². The summed E-state index contributed by atoms with van der Waals surface area (Å²) in [5.41, 5.74) is 3.99. The van der Waals surface area contributed by atoms with Gasteiger partial charge in [0, 0.05) is 11.0 Å². The maximum Gasteiger partial charge on any atom is 0.0177 e. The van der Waals surface area contributed by atoms with Gasteiger partial charge in [0.25, 0.3) is 0 Å². The fraction of sp³-hybridized carbons (Fsp3) is 0.333. The van der Waals surface area contributed by atoms with E-state index < -0.39 is 0 Å². The van der Waals surface area contributed by atoms with Crippen LogP contribution in [-0.4, -0.2) is 6.54 Å². The molecule has 0 atom stereocenters. The lowest BCUT2D eigenvalue weighted by atomic mass is 10.1. The smallest absolute Gasteiger partial charge is 0.0177 e. The molecule has 0 aliphatic heterocycles. The third-order valence-electron chi connectivity index (χ3n) is 1.68. The summed E-state index contributed by atoms with van der Waals surface area (Å²) < 4.78 is 1.14. The maximum absolute atomic E-state index is 5.16. The second-order valence-corrected chi connectivity index (χ2v) is 3.60.